The molecule has 38 heavy (non-hydrogen) atoms. The number of aliphatic carboxylic acids is 2. The number of hydrogen-bond acceptors (Lipinski definition) is 6. The summed E-state index contributed by atoms with van der Waals surface area (Å²) in [6, 6.07) is 9.95. The summed E-state index contributed by atoms with van der Waals surface area (Å²) in [7, 11) is 0. The van der Waals surface area contributed by atoms with Gasteiger partial charge in [-0.3, -0.25) is 0 Å². The molecule has 0 aliphatic heterocycles. The SMILES string of the molecule is NCC(=CF)COc1ccc(-c2nc3ccc(Cl)cc3s2)cc1F.O=C(O)C(F)(F)F.O=C(O)C(F)(F)F. The fraction of sp³-hybridized carbons (Fsp3) is 0.190. The van der Waals surface area contributed by atoms with E-state index in [2.05, 4.69) is 4.98 Å². The Balaban J connectivity index is 0.000000426. The summed E-state index contributed by atoms with van der Waals surface area (Å²) in [4.78, 5) is 22.3. The van der Waals surface area contributed by atoms with Crippen LogP contribution in [0.5, 0.6) is 5.75 Å². The van der Waals surface area contributed by atoms with E-state index in [1.165, 1.54) is 23.5 Å². The van der Waals surface area contributed by atoms with E-state index in [9.17, 15) is 35.1 Å². The molecule has 0 saturated carbocycles. The van der Waals surface area contributed by atoms with Crippen LogP contribution in [0.4, 0.5) is 35.1 Å². The Hall–Kier alpha value is -3.50. The van der Waals surface area contributed by atoms with E-state index in [1.807, 2.05) is 12.1 Å². The molecule has 0 radical (unpaired) electrons. The molecule has 4 N–H and O–H groups in total. The number of halogens is 9. The Bertz CT molecular complexity index is 1270. The molecular formula is C21H15ClF8N2O5S. The number of thiazole rings is 1. The van der Waals surface area contributed by atoms with Gasteiger partial charge in [-0.2, -0.15) is 26.3 Å². The van der Waals surface area contributed by atoms with Gasteiger partial charge in [-0.1, -0.05) is 11.6 Å². The van der Waals surface area contributed by atoms with Gasteiger partial charge in [0, 0.05) is 22.7 Å². The molecule has 0 amide bonds. The van der Waals surface area contributed by atoms with E-state index >= 15 is 0 Å². The minimum Gasteiger partial charge on any atom is -0.486 e. The van der Waals surface area contributed by atoms with Crippen LogP contribution in [0, 0.1) is 5.82 Å². The molecule has 0 unspecified atom stereocenters. The summed E-state index contributed by atoms with van der Waals surface area (Å²) in [5.41, 5.74) is 7.03. The number of hydrogen-bond donors (Lipinski definition) is 3. The van der Waals surface area contributed by atoms with Gasteiger partial charge in [0.25, 0.3) is 0 Å². The van der Waals surface area contributed by atoms with E-state index in [0.717, 1.165) is 10.2 Å². The van der Waals surface area contributed by atoms with Crippen LogP contribution in [-0.2, 0) is 9.59 Å². The highest BCUT2D eigenvalue weighted by atomic mass is 35.5. The maximum atomic E-state index is 14.2. The first-order valence-electron chi connectivity index (χ1n) is 9.56. The molecule has 1 aromatic heterocycles. The first kappa shape index (κ1) is 32.5. The molecule has 0 fully saturated rings. The lowest BCUT2D eigenvalue weighted by molar-refractivity contribution is -0.193. The highest BCUT2D eigenvalue weighted by Gasteiger charge is 2.38. The van der Waals surface area contributed by atoms with Gasteiger partial charge >= 0.3 is 24.3 Å². The van der Waals surface area contributed by atoms with Crippen LogP contribution in [0.25, 0.3) is 20.8 Å². The predicted octanol–water partition coefficient (Wildman–Crippen LogP) is 6.21. The van der Waals surface area contributed by atoms with Gasteiger partial charge in [-0.25, -0.2) is 23.4 Å². The van der Waals surface area contributed by atoms with Crippen LogP contribution < -0.4 is 10.5 Å². The predicted molar refractivity (Wildman–Crippen MR) is 121 cm³/mol. The second-order valence-electron chi connectivity index (χ2n) is 6.64. The Morgan fingerprint density at radius 2 is 1.58 bits per heavy atom. The average molecular weight is 595 g/mol. The molecular weight excluding hydrogens is 580 g/mol. The first-order chi connectivity index (χ1) is 17.5. The lowest BCUT2D eigenvalue weighted by atomic mass is 10.2. The molecule has 0 spiro atoms. The molecule has 1 heterocycles. The third kappa shape index (κ3) is 10.5. The highest BCUT2D eigenvalue weighted by molar-refractivity contribution is 7.21. The molecule has 3 rings (SSSR count). The molecule has 0 aliphatic carbocycles. The van der Waals surface area contributed by atoms with Crippen LogP contribution in [0.15, 0.2) is 48.3 Å². The van der Waals surface area contributed by atoms with Crippen molar-refractivity contribution in [3.05, 3.63) is 59.1 Å². The molecule has 2 aromatic carbocycles. The van der Waals surface area contributed by atoms with Crippen molar-refractivity contribution in [2.45, 2.75) is 12.4 Å². The van der Waals surface area contributed by atoms with E-state index in [0.29, 0.717) is 21.9 Å². The lowest BCUT2D eigenvalue weighted by Crippen LogP contribution is -2.21. The number of carbonyl (C=O) groups is 2. The van der Waals surface area contributed by atoms with Crippen LogP contribution in [0.2, 0.25) is 5.02 Å². The smallest absolute Gasteiger partial charge is 0.486 e. The number of carboxylic acid groups (broad SMARTS) is 2. The third-order valence-electron chi connectivity index (χ3n) is 3.84. The normalized spacial score (nSPS) is 11.7. The number of benzene rings is 2. The summed E-state index contributed by atoms with van der Waals surface area (Å²) < 4.78 is 96.3. The van der Waals surface area contributed by atoms with Crippen molar-refractivity contribution in [1.29, 1.82) is 0 Å². The van der Waals surface area contributed by atoms with E-state index < -0.39 is 30.1 Å². The van der Waals surface area contributed by atoms with Crippen molar-refractivity contribution < 1.29 is 59.7 Å². The number of ether oxygens (including phenoxy) is 1. The summed E-state index contributed by atoms with van der Waals surface area (Å²) in [6.45, 7) is -0.0760. The maximum Gasteiger partial charge on any atom is 0.490 e. The Labute approximate surface area is 216 Å². The van der Waals surface area contributed by atoms with E-state index in [-0.39, 0.29) is 24.5 Å². The van der Waals surface area contributed by atoms with Gasteiger partial charge in [-0.15, -0.1) is 11.3 Å². The summed E-state index contributed by atoms with van der Waals surface area (Å²) in [5, 5.41) is 15.6. The standard InChI is InChI=1S/C17H13ClF2N2OS.2C2HF3O2/c18-12-2-3-14-16(6-12)24-17(22-14)11-1-4-15(13(20)5-11)23-9-10(7-19)8-21;2*3-2(4,5)1(6)7/h1-7H,8-9,21H2;2*(H,6,7). The van der Waals surface area contributed by atoms with Gasteiger partial charge in [-0.05, 0) is 36.4 Å². The zero-order valence-electron chi connectivity index (χ0n) is 18.4. The van der Waals surface area contributed by atoms with Crippen molar-refractivity contribution in [3.63, 3.8) is 0 Å². The molecule has 0 bridgehead atoms. The minimum absolute atomic E-state index is 0.0183. The molecule has 17 heteroatoms. The summed E-state index contributed by atoms with van der Waals surface area (Å²) in [6.07, 6.45) is -9.79. The number of nitrogens with two attached hydrogens (primary N) is 1. The Morgan fingerprint density at radius 1 is 1.03 bits per heavy atom. The molecule has 3 aromatic rings. The van der Waals surface area contributed by atoms with Crippen molar-refractivity contribution in [3.8, 4) is 16.3 Å². The van der Waals surface area contributed by atoms with Gasteiger partial charge in [0.1, 0.15) is 11.6 Å². The van der Waals surface area contributed by atoms with E-state index in [4.69, 9.17) is 41.9 Å². The van der Waals surface area contributed by atoms with Gasteiger partial charge in [0.2, 0.25) is 0 Å². The monoisotopic (exact) mass is 594 g/mol. The lowest BCUT2D eigenvalue weighted by Gasteiger charge is -2.08. The first-order valence-corrected chi connectivity index (χ1v) is 10.8. The topological polar surface area (TPSA) is 123 Å². The van der Waals surface area contributed by atoms with Crippen molar-refractivity contribution >= 4 is 45.1 Å². The fourth-order valence-electron chi connectivity index (χ4n) is 2.08. The molecule has 7 nitrogen and oxygen atoms in total. The number of aromatic nitrogens is 1. The van der Waals surface area contributed by atoms with Gasteiger partial charge < -0.3 is 20.7 Å². The third-order valence-corrected chi connectivity index (χ3v) is 5.15. The Morgan fingerprint density at radius 3 is 2.03 bits per heavy atom. The number of alkyl halides is 6. The zero-order chi connectivity index (χ0) is 29.3. The quantitative estimate of drug-likeness (QED) is 0.300. The van der Waals surface area contributed by atoms with E-state index in [1.54, 1.807) is 12.1 Å². The van der Waals surface area contributed by atoms with Crippen LogP contribution in [-0.4, -0.2) is 52.6 Å². The fourth-order valence-corrected chi connectivity index (χ4v) is 3.32. The van der Waals surface area contributed by atoms with Crippen LogP contribution in [0.3, 0.4) is 0 Å². The largest absolute Gasteiger partial charge is 0.490 e. The average Bonchev–Trinajstić information content (AvgIpc) is 3.23. The zero-order valence-corrected chi connectivity index (χ0v) is 20.0. The molecule has 0 atom stereocenters. The number of carboxylic acids is 2. The maximum absolute atomic E-state index is 14.2. The van der Waals surface area contributed by atoms with Crippen molar-refractivity contribution in [1.82, 2.24) is 4.98 Å². The van der Waals surface area contributed by atoms with Crippen LogP contribution >= 0.6 is 22.9 Å². The number of nitrogens with zero attached hydrogens (tertiary/aromatic N) is 1. The van der Waals surface area contributed by atoms with Gasteiger partial charge in [0.15, 0.2) is 11.6 Å². The van der Waals surface area contributed by atoms with Gasteiger partial charge in [0.05, 0.1) is 16.5 Å². The Kier molecular flexibility index (Phi) is 11.9. The summed E-state index contributed by atoms with van der Waals surface area (Å²) in [5.74, 6) is -6.02. The number of rotatable bonds is 5. The minimum atomic E-state index is -5.08. The number of fused-ring (bicyclic) bond motifs is 1. The molecule has 208 valence electrons. The van der Waals surface area contributed by atoms with Crippen LogP contribution in [0.1, 0.15) is 0 Å². The second-order valence-corrected chi connectivity index (χ2v) is 8.11. The second kappa shape index (κ2) is 13.9. The summed E-state index contributed by atoms with van der Waals surface area (Å²) >= 11 is 7.39. The van der Waals surface area contributed by atoms with Crippen molar-refractivity contribution in [2.75, 3.05) is 13.2 Å². The molecule has 0 aliphatic rings. The van der Waals surface area contributed by atoms with Crippen molar-refractivity contribution in [2.24, 2.45) is 5.73 Å². The molecule has 0 saturated heterocycles. The highest BCUT2D eigenvalue weighted by Crippen LogP contribution is 2.33.